The summed E-state index contributed by atoms with van der Waals surface area (Å²) in [6.07, 6.45) is 24.6. The Morgan fingerprint density at radius 1 is 0.452 bits per heavy atom. The van der Waals surface area contributed by atoms with Gasteiger partial charge in [-0.15, -0.1) is 35.3 Å². The molecule has 552 valence electrons. The summed E-state index contributed by atoms with van der Waals surface area (Å²) in [5.74, 6) is -0.605. The number of rotatable bonds is 13. The Bertz CT molecular complexity index is 4200. The molecular formula is C74H79Cl2F4N9O12S3. The molecule has 5 fully saturated rings. The van der Waals surface area contributed by atoms with Crippen molar-refractivity contribution in [2.45, 2.75) is 154 Å². The van der Waals surface area contributed by atoms with E-state index in [-0.39, 0.29) is 22.3 Å². The van der Waals surface area contributed by atoms with Gasteiger partial charge in [0.1, 0.15) is 10.9 Å². The second kappa shape index (κ2) is 39.1. The van der Waals surface area contributed by atoms with Crippen LogP contribution in [0.5, 0.6) is 5.75 Å². The molecule has 5 aliphatic carbocycles. The zero-order valence-corrected chi connectivity index (χ0v) is 61.6. The third kappa shape index (κ3) is 22.7. The van der Waals surface area contributed by atoms with Crippen molar-refractivity contribution in [3.63, 3.8) is 0 Å². The highest BCUT2D eigenvalue weighted by Gasteiger charge is 2.30. The predicted octanol–water partition coefficient (Wildman–Crippen LogP) is 21.6. The fourth-order valence-electron chi connectivity index (χ4n) is 11.4. The van der Waals surface area contributed by atoms with Gasteiger partial charge in [0, 0.05) is 64.6 Å². The van der Waals surface area contributed by atoms with Gasteiger partial charge in [-0.25, -0.2) is 4.98 Å². The lowest BCUT2D eigenvalue weighted by Crippen LogP contribution is -2.17. The van der Waals surface area contributed by atoms with Gasteiger partial charge < -0.3 is 21.5 Å². The predicted molar refractivity (Wildman–Crippen MR) is 402 cm³/mol. The van der Waals surface area contributed by atoms with Gasteiger partial charge in [0.15, 0.2) is 0 Å². The molecule has 0 saturated heterocycles. The van der Waals surface area contributed by atoms with Crippen LogP contribution in [0, 0.1) is 80.8 Å². The van der Waals surface area contributed by atoms with Crippen LogP contribution in [-0.2, 0) is 6.54 Å². The Labute approximate surface area is 621 Å². The van der Waals surface area contributed by atoms with Crippen LogP contribution in [0.2, 0.25) is 10.2 Å². The number of amides is 1. The number of fused-ring (bicyclic) bond motifs is 1. The Morgan fingerprint density at radius 2 is 0.760 bits per heavy atom. The number of aryl methyl sites for hydroxylation is 1. The molecule has 1 aliphatic heterocycles. The molecule has 14 rings (SSSR count). The molecule has 6 aliphatic rings. The van der Waals surface area contributed by atoms with Crippen molar-refractivity contribution in [2.75, 3.05) is 37.3 Å². The van der Waals surface area contributed by atoms with Crippen LogP contribution in [0.3, 0.4) is 0 Å². The van der Waals surface area contributed by atoms with E-state index in [9.17, 15) is 72.9 Å². The maximum atomic E-state index is 13.2. The first-order valence-corrected chi connectivity index (χ1v) is 37.7. The summed E-state index contributed by atoms with van der Waals surface area (Å²) in [5.41, 5.74) is 19.5. The van der Waals surface area contributed by atoms with Crippen LogP contribution in [0.25, 0.3) is 0 Å². The van der Waals surface area contributed by atoms with Crippen molar-refractivity contribution in [2.24, 2.45) is 0 Å². The molecule has 5 N–H and O–H groups in total. The van der Waals surface area contributed by atoms with E-state index in [0.717, 1.165) is 89.2 Å². The molecule has 7 aromatic carbocycles. The maximum Gasteiger partial charge on any atom is 0.305 e. The minimum atomic E-state index is -1.03. The fraction of sp³-hybridized carbons (Fsp3) is 0.351. The summed E-state index contributed by atoms with van der Waals surface area (Å²) < 4.78 is 51.5. The lowest BCUT2D eigenvalue weighted by atomic mass is 9.80. The zero-order valence-electron chi connectivity index (χ0n) is 57.6. The number of pyridine rings is 1. The number of nitrogen functional groups attached to an aromatic ring is 2. The largest absolute Gasteiger partial charge is 0.508 e. The molecule has 0 spiro atoms. The SMILES string of the molecule is CN1Cc2nc(Cl)cc(Cl)c2C1=O.CSc1cc(C2CCC2)ccc1N.CSc1cc(C2CCC2)ccc1N.CSc1cc(C2CCC2)ccc1[N+](=O)[O-].Cc1ccc([N+](=O)[O-])c(F)c1.O=[N+]([O-])c1ccc(C2CCC2)cc1F.O=[N+]([O-])c1ccc(C2CCC2)cc1F.O=[N+]([O-])c1ccc(O)cc1F. The first kappa shape index (κ1) is 82.2. The van der Waals surface area contributed by atoms with E-state index in [1.807, 2.05) is 30.5 Å². The number of hydrogen-bond donors (Lipinski definition) is 3. The molecular weight excluding hydrogens is 1450 g/mol. The molecule has 2 heterocycles. The summed E-state index contributed by atoms with van der Waals surface area (Å²) in [6.45, 7) is 2.15. The number of thioether (sulfide) groups is 3. The summed E-state index contributed by atoms with van der Waals surface area (Å²) in [4.78, 5) is 68.6. The highest BCUT2D eigenvalue weighted by Crippen LogP contribution is 2.43. The second-order valence-corrected chi connectivity index (χ2v) is 28.6. The smallest absolute Gasteiger partial charge is 0.305 e. The topological polar surface area (TPSA) is 321 Å². The summed E-state index contributed by atoms with van der Waals surface area (Å²) in [7, 11) is 1.70. The summed E-state index contributed by atoms with van der Waals surface area (Å²) >= 11 is 16.5. The van der Waals surface area contributed by atoms with Gasteiger partial charge in [-0.05, 0) is 214 Å². The molecule has 1 aromatic heterocycles. The molecule has 1 amide bonds. The van der Waals surface area contributed by atoms with E-state index in [1.54, 1.807) is 60.6 Å². The van der Waals surface area contributed by atoms with E-state index in [0.29, 0.717) is 57.4 Å². The molecule has 5 saturated carbocycles. The summed E-state index contributed by atoms with van der Waals surface area (Å²) in [5, 5.41) is 60.9. The number of carbonyl (C=O) groups is 1. The highest BCUT2D eigenvalue weighted by atomic mass is 35.5. The van der Waals surface area contributed by atoms with Crippen LogP contribution >= 0.6 is 58.5 Å². The second-order valence-electron chi connectivity index (χ2n) is 25.3. The maximum absolute atomic E-state index is 13.2. The van der Waals surface area contributed by atoms with Crippen molar-refractivity contribution in [1.82, 2.24) is 9.88 Å². The van der Waals surface area contributed by atoms with Crippen molar-refractivity contribution in [1.29, 1.82) is 0 Å². The Kier molecular flexibility index (Phi) is 30.9. The quantitative estimate of drug-likeness (QED) is 0.0241. The number of carbonyl (C=O) groups excluding carboxylic acids is 1. The molecule has 0 radical (unpaired) electrons. The molecule has 8 aromatic rings. The standard InChI is InChI=1S/C11H13NO2S.2C11H15NS.2C10H10FNO2.C8H6Cl2N2O.C7H6FNO2.C6H4FNO3/c1-15-11-7-9(8-3-2-4-8)5-6-10(11)12(13)14;2*1-13-11-7-9(5-6-10(11)12)8-3-2-4-8;2*11-9-6-8(7-2-1-3-7)4-5-10(9)12(13)14;1-12-3-5-7(8(12)13)4(9)2-6(10)11-5;1-5-2-3-7(9(10)11)6(8)4-5;7-5-3-4(9)1-2-6(5)8(10)11/h5-8H,2-4H2,1H3;2*5-8H,2-4,12H2,1H3;2*4-7H,1-3H2;2H,3H2,1H3;2-4H,1H3;1-3,9H. The average molecular weight is 1530 g/mol. The lowest BCUT2D eigenvalue weighted by molar-refractivity contribution is -0.387. The van der Waals surface area contributed by atoms with Crippen molar-refractivity contribution in [3.8, 4) is 5.75 Å². The third-order valence-corrected chi connectivity index (χ3v) is 21.4. The van der Waals surface area contributed by atoms with Gasteiger partial charge in [0.2, 0.25) is 23.3 Å². The number of nitro benzene ring substituents is 5. The molecule has 30 heteroatoms. The minimum Gasteiger partial charge on any atom is -0.508 e. The van der Waals surface area contributed by atoms with Crippen LogP contribution in [0.15, 0.2) is 148 Å². The van der Waals surface area contributed by atoms with Gasteiger partial charge in [-0.2, -0.15) is 17.6 Å². The van der Waals surface area contributed by atoms with Crippen molar-refractivity contribution in [3.05, 3.63) is 262 Å². The van der Waals surface area contributed by atoms with Crippen LogP contribution in [-0.4, -0.2) is 71.3 Å². The van der Waals surface area contributed by atoms with Gasteiger partial charge in [-0.3, -0.25) is 55.4 Å². The summed E-state index contributed by atoms with van der Waals surface area (Å²) in [6, 6.07) is 34.8. The first-order valence-electron chi connectivity index (χ1n) is 33.2. The number of aromatic nitrogens is 1. The number of nitrogens with two attached hydrogens (primary N) is 2. The molecule has 0 unspecified atom stereocenters. The molecule has 0 bridgehead atoms. The van der Waals surface area contributed by atoms with Gasteiger partial charge in [0.25, 0.3) is 11.6 Å². The Hall–Kier alpha value is -9.09. The zero-order chi connectivity index (χ0) is 76.1. The number of nitrogens with zero attached hydrogens (tertiary/aromatic N) is 7. The van der Waals surface area contributed by atoms with Gasteiger partial charge in [0.05, 0.1) is 52.3 Å². The van der Waals surface area contributed by atoms with Crippen molar-refractivity contribution >= 4 is 104 Å². The number of phenolic OH excluding ortho intramolecular Hbond substituents is 1. The average Bonchev–Trinajstić information content (AvgIpc) is 1.60. The number of phenols is 1. The number of aromatic hydroxyl groups is 1. The lowest BCUT2D eigenvalue weighted by Gasteiger charge is -2.26. The monoisotopic (exact) mass is 1530 g/mol. The number of anilines is 2. The number of hydrogen-bond acceptors (Lipinski definition) is 18. The number of benzene rings is 7. The minimum absolute atomic E-state index is 0.0934. The van der Waals surface area contributed by atoms with E-state index in [1.165, 1.54) is 145 Å². The van der Waals surface area contributed by atoms with Crippen molar-refractivity contribution < 1.29 is 52.1 Å². The van der Waals surface area contributed by atoms with Crippen LogP contribution in [0.1, 0.15) is 175 Å². The Balaban J connectivity index is 0.000000167. The number of halogens is 6. The number of nitro groups is 5. The molecule has 0 atom stereocenters. The molecule has 104 heavy (non-hydrogen) atoms. The highest BCUT2D eigenvalue weighted by molar-refractivity contribution is 7.99. The normalized spacial score (nSPS) is 14.9. The van der Waals surface area contributed by atoms with Gasteiger partial charge in [-0.1, -0.05) is 91.7 Å². The van der Waals surface area contributed by atoms with E-state index in [2.05, 4.69) is 41.8 Å². The molecule has 21 nitrogen and oxygen atoms in total. The van der Waals surface area contributed by atoms with Crippen LogP contribution < -0.4 is 11.5 Å². The van der Waals surface area contributed by atoms with E-state index >= 15 is 0 Å². The Morgan fingerprint density at radius 3 is 1.08 bits per heavy atom. The van der Waals surface area contributed by atoms with E-state index < -0.39 is 65.7 Å². The first-order chi connectivity index (χ1) is 49.5. The fourth-order valence-corrected chi connectivity index (χ4v) is 13.7. The van der Waals surface area contributed by atoms with Gasteiger partial charge >= 0.3 is 22.7 Å². The van der Waals surface area contributed by atoms with Crippen LogP contribution in [0.4, 0.5) is 57.4 Å². The van der Waals surface area contributed by atoms with E-state index in [4.69, 9.17) is 39.8 Å². The third-order valence-electron chi connectivity index (χ3n) is 18.5.